The van der Waals surface area contributed by atoms with Gasteiger partial charge in [-0.05, 0) is 19.2 Å². The predicted octanol–water partition coefficient (Wildman–Crippen LogP) is 1.08. The average molecular weight is 253 g/mol. The maximum absolute atomic E-state index is 11.0. The molecule has 3 N–H and O–H groups in total. The summed E-state index contributed by atoms with van der Waals surface area (Å²) < 4.78 is 5.45. The second-order valence-electron chi connectivity index (χ2n) is 3.79. The molecule has 1 heterocycles. The number of likely N-dealkylation sites (N-methyl/N-ethyl adjacent to an activating group) is 1. The van der Waals surface area contributed by atoms with E-state index in [2.05, 4.69) is 23.7 Å². The normalized spacial score (nSPS) is 10.6. The lowest BCUT2D eigenvalue weighted by molar-refractivity contribution is 0.0691. The van der Waals surface area contributed by atoms with Gasteiger partial charge >= 0.3 is 5.97 Å². The van der Waals surface area contributed by atoms with Gasteiger partial charge in [-0.25, -0.2) is 9.78 Å². The number of rotatable bonds is 7. The second kappa shape index (κ2) is 6.80. The molecule has 0 saturated carbocycles. The Balaban J connectivity index is 2.64. The van der Waals surface area contributed by atoms with Crippen molar-refractivity contribution in [3.8, 4) is 5.75 Å². The van der Waals surface area contributed by atoms with Gasteiger partial charge in [-0.2, -0.15) is 0 Å². The van der Waals surface area contributed by atoms with E-state index in [1.54, 1.807) is 0 Å². The topological polar surface area (TPSA) is 88.7 Å². The number of anilines is 1. The predicted molar refractivity (Wildman–Crippen MR) is 68.9 cm³/mol. The molecule has 0 unspecified atom stereocenters. The molecule has 0 aliphatic rings. The first-order valence-corrected chi connectivity index (χ1v) is 5.92. The summed E-state index contributed by atoms with van der Waals surface area (Å²) in [5, 5.41) is 9.02. The van der Waals surface area contributed by atoms with Crippen LogP contribution in [-0.2, 0) is 0 Å². The van der Waals surface area contributed by atoms with E-state index < -0.39 is 5.97 Å². The van der Waals surface area contributed by atoms with E-state index >= 15 is 0 Å². The number of ether oxygens (including phenoxy) is 1. The standard InChI is InChI=1S/C12H19N3O3/c1-3-15(4-2)5-6-18-10-8-14-11(13)7-9(10)12(16)17/h7-8H,3-6H2,1-2H3,(H2,13,14)(H,16,17). The number of carboxylic acid groups (broad SMARTS) is 1. The number of pyridine rings is 1. The molecule has 0 atom stereocenters. The summed E-state index contributed by atoms with van der Waals surface area (Å²) in [6.07, 6.45) is 1.35. The third-order valence-corrected chi connectivity index (χ3v) is 2.68. The van der Waals surface area contributed by atoms with Crippen LogP contribution in [-0.4, -0.2) is 47.2 Å². The van der Waals surface area contributed by atoms with E-state index in [-0.39, 0.29) is 17.1 Å². The molecular weight excluding hydrogens is 234 g/mol. The Hall–Kier alpha value is -1.82. The molecule has 100 valence electrons. The smallest absolute Gasteiger partial charge is 0.339 e. The number of aromatic carboxylic acids is 1. The molecule has 1 aromatic rings. The molecule has 0 bridgehead atoms. The first-order chi connectivity index (χ1) is 8.58. The van der Waals surface area contributed by atoms with Crippen molar-refractivity contribution in [2.75, 3.05) is 32.0 Å². The van der Waals surface area contributed by atoms with Crippen LogP contribution in [0, 0.1) is 0 Å². The molecule has 0 radical (unpaired) electrons. The second-order valence-corrected chi connectivity index (χ2v) is 3.79. The Morgan fingerprint density at radius 3 is 2.72 bits per heavy atom. The Bertz CT molecular complexity index is 406. The van der Waals surface area contributed by atoms with Crippen molar-refractivity contribution >= 4 is 11.8 Å². The third-order valence-electron chi connectivity index (χ3n) is 2.68. The van der Waals surface area contributed by atoms with E-state index in [9.17, 15) is 4.79 Å². The van der Waals surface area contributed by atoms with Crippen molar-refractivity contribution in [1.29, 1.82) is 0 Å². The molecule has 0 spiro atoms. The summed E-state index contributed by atoms with van der Waals surface area (Å²) >= 11 is 0. The molecule has 6 nitrogen and oxygen atoms in total. The summed E-state index contributed by atoms with van der Waals surface area (Å²) in [6.45, 7) is 7.18. The van der Waals surface area contributed by atoms with E-state index in [0.29, 0.717) is 6.61 Å². The van der Waals surface area contributed by atoms with Gasteiger partial charge in [0.15, 0.2) is 5.75 Å². The van der Waals surface area contributed by atoms with Gasteiger partial charge in [0.25, 0.3) is 0 Å². The fraction of sp³-hybridized carbons (Fsp3) is 0.500. The largest absolute Gasteiger partial charge is 0.490 e. The summed E-state index contributed by atoms with van der Waals surface area (Å²) in [4.78, 5) is 17.0. The molecule has 18 heavy (non-hydrogen) atoms. The van der Waals surface area contributed by atoms with E-state index in [1.807, 2.05) is 0 Å². The van der Waals surface area contributed by atoms with E-state index in [4.69, 9.17) is 15.6 Å². The zero-order chi connectivity index (χ0) is 13.5. The number of nitrogens with zero attached hydrogens (tertiary/aromatic N) is 2. The minimum Gasteiger partial charge on any atom is -0.490 e. The Morgan fingerprint density at radius 1 is 1.50 bits per heavy atom. The maximum Gasteiger partial charge on any atom is 0.339 e. The van der Waals surface area contributed by atoms with Crippen molar-refractivity contribution in [2.45, 2.75) is 13.8 Å². The monoisotopic (exact) mass is 253 g/mol. The van der Waals surface area contributed by atoms with Crippen LogP contribution in [0.25, 0.3) is 0 Å². The molecule has 1 aromatic heterocycles. The lowest BCUT2D eigenvalue weighted by atomic mass is 10.2. The molecular formula is C12H19N3O3. The highest BCUT2D eigenvalue weighted by atomic mass is 16.5. The number of hydrogen-bond donors (Lipinski definition) is 2. The van der Waals surface area contributed by atoms with Gasteiger partial charge in [0.05, 0.1) is 6.20 Å². The molecule has 1 rings (SSSR count). The Morgan fingerprint density at radius 2 is 2.17 bits per heavy atom. The maximum atomic E-state index is 11.0. The number of carboxylic acids is 1. The molecule has 6 heteroatoms. The molecule has 0 fully saturated rings. The average Bonchev–Trinajstić information content (AvgIpc) is 2.36. The van der Waals surface area contributed by atoms with Crippen LogP contribution in [0.1, 0.15) is 24.2 Å². The molecule has 0 aliphatic heterocycles. The van der Waals surface area contributed by atoms with Crippen LogP contribution in [0.3, 0.4) is 0 Å². The van der Waals surface area contributed by atoms with E-state index in [1.165, 1.54) is 12.3 Å². The Labute approximate surface area is 106 Å². The zero-order valence-electron chi connectivity index (χ0n) is 10.7. The fourth-order valence-electron chi connectivity index (χ4n) is 1.57. The van der Waals surface area contributed by atoms with Gasteiger partial charge in [-0.3, -0.25) is 0 Å². The van der Waals surface area contributed by atoms with Gasteiger partial charge in [0, 0.05) is 6.54 Å². The first-order valence-electron chi connectivity index (χ1n) is 5.92. The lowest BCUT2D eigenvalue weighted by Crippen LogP contribution is -2.28. The van der Waals surface area contributed by atoms with Gasteiger partial charge in [0.1, 0.15) is 18.0 Å². The van der Waals surface area contributed by atoms with Crippen LogP contribution in [0.4, 0.5) is 5.82 Å². The molecule has 0 saturated heterocycles. The summed E-state index contributed by atoms with van der Waals surface area (Å²) in [6, 6.07) is 1.30. The van der Waals surface area contributed by atoms with Gasteiger partial charge in [-0.1, -0.05) is 13.8 Å². The summed E-state index contributed by atoms with van der Waals surface area (Å²) in [7, 11) is 0. The van der Waals surface area contributed by atoms with E-state index in [0.717, 1.165) is 19.6 Å². The van der Waals surface area contributed by atoms with Crippen LogP contribution < -0.4 is 10.5 Å². The zero-order valence-corrected chi connectivity index (χ0v) is 10.7. The summed E-state index contributed by atoms with van der Waals surface area (Å²) in [5.74, 6) is -0.644. The summed E-state index contributed by atoms with van der Waals surface area (Å²) in [5.41, 5.74) is 5.49. The first kappa shape index (κ1) is 14.2. The van der Waals surface area contributed by atoms with Crippen LogP contribution >= 0.6 is 0 Å². The van der Waals surface area contributed by atoms with Crippen LogP contribution in [0.15, 0.2) is 12.3 Å². The van der Waals surface area contributed by atoms with Crippen molar-refractivity contribution in [2.24, 2.45) is 0 Å². The van der Waals surface area contributed by atoms with Crippen molar-refractivity contribution in [3.63, 3.8) is 0 Å². The molecule has 0 amide bonds. The number of hydrogen-bond acceptors (Lipinski definition) is 5. The van der Waals surface area contributed by atoms with Gasteiger partial charge < -0.3 is 20.5 Å². The van der Waals surface area contributed by atoms with Crippen LogP contribution in [0.5, 0.6) is 5.75 Å². The quantitative estimate of drug-likeness (QED) is 0.756. The highest BCUT2D eigenvalue weighted by Crippen LogP contribution is 2.19. The van der Waals surface area contributed by atoms with Crippen molar-refractivity contribution in [3.05, 3.63) is 17.8 Å². The fourth-order valence-corrected chi connectivity index (χ4v) is 1.57. The van der Waals surface area contributed by atoms with Crippen molar-refractivity contribution in [1.82, 2.24) is 9.88 Å². The highest BCUT2D eigenvalue weighted by molar-refractivity contribution is 5.91. The number of nitrogen functional groups attached to an aromatic ring is 1. The van der Waals surface area contributed by atoms with Gasteiger partial charge in [0.2, 0.25) is 0 Å². The minimum atomic E-state index is -1.07. The molecule has 0 aliphatic carbocycles. The minimum absolute atomic E-state index is 0.0436. The SMILES string of the molecule is CCN(CC)CCOc1cnc(N)cc1C(=O)O. The number of aromatic nitrogens is 1. The van der Waals surface area contributed by atoms with Crippen LogP contribution in [0.2, 0.25) is 0 Å². The van der Waals surface area contributed by atoms with Crippen molar-refractivity contribution < 1.29 is 14.6 Å². The number of carbonyl (C=O) groups is 1. The lowest BCUT2D eigenvalue weighted by Gasteiger charge is -2.18. The number of nitrogens with two attached hydrogens (primary N) is 1. The molecule has 0 aromatic carbocycles. The van der Waals surface area contributed by atoms with Gasteiger partial charge in [-0.15, -0.1) is 0 Å². The highest BCUT2D eigenvalue weighted by Gasteiger charge is 2.12. The Kier molecular flexibility index (Phi) is 5.38. The third kappa shape index (κ3) is 3.89.